The summed E-state index contributed by atoms with van der Waals surface area (Å²) in [6, 6.07) is 0. The zero-order valence-corrected chi connectivity index (χ0v) is 20.3. The Kier molecular flexibility index (Phi) is 8.59. The van der Waals surface area contributed by atoms with E-state index in [9.17, 15) is 44.7 Å². The number of hydrogen-bond acceptors (Lipinski definition) is 17. The number of rotatable bonds is 9. The topological polar surface area (TPSA) is 292 Å². The molecule has 0 radical (unpaired) electrons. The Morgan fingerprint density at radius 2 is 1.68 bits per heavy atom. The maximum Gasteiger partial charge on any atom is 0.479 e. The second-order valence-electron chi connectivity index (χ2n) is 8.00. The second-order valence-corrected chi connectivity index (χ2v) is 10.5. The SMILES string of the molecule is [BH3-][P@@](=O)(OC[C@H]1O[C@@H](n2cnc3c(N)ncnc32)C(O)[C@H]1O)OP(=O)(O)O[C@H]1OC(CO)[C@@H](O)[C@H](O)C1O. The van der Waals surface area contributed by atoms with Gasteiger partial charge in [-0.25, -0.2) is 23.8 Å². The predicted octanol–water partition coefficient (Wildman–Crippen LogP) is -4.55. The number of phosphoric ester groups is 1. The molecule has 19 nitrogen and oxygen atoms in total. The van der Waals surface area contributed by atoms with Gasteiger partial charge in [0.2, 0.25) is 0 Å². The van der Waals surface area contributed by atoms with Crippen molar-refractivity contribution in [2.45, 2.75) is 55.2 Å². The van der Waals surface area contributed by atoms with Crippen LogP contribution in [0.3, 0.4) is 0 Å². The molecule has 2 fully saturated rings. The van der Waals surface area contributed by atoms with Crippen molar-refractivity contribution in [3.8, 4) is 0 Å². The summed E-state index contributed by atoms with van der Waals surface area (Å²) in [6.45, 7) is -1.44. The van der Waals surface area contributed by atoms with Crippen LogP contribution in [0, 0.1) is 0 Å². The van der Waals surface area contributed by atoms with Crippen LogP contribution >= 0.6 is 15.3 Å². The van der Waals surface area contributed by atoms with Crippen LogP contribution in [0.15, 0.2) is 12.7 Å². The van der Waals surface area contributed by atoms with E-state index in [0.29, 0.717) is 0 Å². The third-order valence-corrected chi connectivity index (χ3v) is 7.79. The Bertz CT molecular complexity index is 1240. The van der Waals surface area contributed by atoms with Gasteiger partial charge in [-0.3, -0.25) is 9.09 Å². The Hall–Kier alpha value is -1.61. The van der Waals surface area contributed by atoms with E-state index in [1.807, 2.05) is 0 Å². The number of nitrogens with two attached hydrogens (primary N) is 1. The van der Waals surface area contributed by atoms with E-state index in [1.165, 1.54) is 17.2 Å². The highest BCUT2D eigenvalue weighted by atomic mass is 31.3. The number of aromatic nitrogens is 4. The van der Waals surface area contributed by atoms with E-state index in [-0.39, 0.29) is 17.0 Å². The van der Waals surface area contributed by atoms with Gasteiger partial charge in [0, 0.05) is 0 Å². The molecule has 0 aromatic carbocycles. The van der Waals surface area contributed by atoms with E-state index in [4.69, 9.17) is 19.7 Å². The molecule has 0 aliphatic carbocycles. The third-order valence-electron chi connectivity index (χ3n) is 5.60. The lowest BCUT2D eigenvalue weighted by molar-refractivity contribution is -0.280. The first kappa shape index (κ1) is 29.4. The van der Waals surface area contributed by atoms with Gasteiger partial charge in [-0.05, 0) is 0 Å². The van der Waals surface area contributed by atoms with Crippen LogP contribution in [0.25, 0.3) is 11.2 Å². The van der Waals surface area contributed by atoms with Crippen molar-refractivity contribution in [3.05, 3.63) is 12.7 Å². The van der Waals surface area contributed by atoms with Crippen molar-refractivity contribution in [1.82, 2.24) is 19.5 Å². The van der Waals surface area contributed by atoms with Crippen molar-refractivity contribution in [3.63, 3.8) is 0 Å². The number of aliphatic hydroxyl groups is 6. The predicted molar refractivity (Wildman–Crippen MR) is 125 cm³/mol. The molecule has 2 aliphatic heterocycles. The number of nitrogens with zero attached hydrogens (tertiary/aromatic N) is 4. The molecule has 2 aromatic heterocycles. The largest absolute Gasteiger partial charge is 0.479 e. The summed E-state index contributed by atoms with van der Waals surface area (Å²) in [5.41, 5.74) is 6.20. The molecule has 2 aliphatic rings. The molecule has 22 heteroatoms. The molecule has 4 heterocycles. The van der Waals surface area contributed by atoms with Gasteiger partial charge in [-0.2, -0.15) is 0 Å². The highest BCUT2D eigenvalue weighted by Crippen LogP contribution is 2.61. The molecule has 38 heavy (non-hydrogen) atoms. The first-order chi connectivity index (χ1) is 17.7. The van der Waals surface area contributed by atoms with Crippen LogP contribution in [0.4, 0.5) is 5.82 Å². The number of ether oxygens (including phenoxy) is 2. The summed E-state index contributed by atoms with van der Waals surface area (Å²) in [5, 5.41) is 59.7. The standard InChI is InChI=1S/C16H27BN5O14P2/c17-37(29,36-38(30,31)35-16-12(28)10(26)8(24)5(1-23)34-16)32-2-6-9(25)11(27)15(33-6)22-4-21-7-13(18)19-3-20-14(7)22/h3-6,8-12,15-16,23-28H,1-2H2,17H3,(H,30,31)(H2,18,19,20)/q-1/t5?,6-,8-,9+,10+,11?,12?,15-,16-,37-/m1/s1. The van der Waals surface area contributed by atoms with E-state index in [0.717, 1.165) is 0 Å². The van der Waals surface area contributed by atoms with Gasteiger partial charge in [-0.1, -0.05) is 0 Å². The zero-order chi connectivity index (χ0) is 28.0. The molecule has 0 spiro atoms. The van der Waals surface area contributed by atoms with Crippen LogP contribution in [0.1, 0.15) is 6.23 Å². The maximum atomic E-state index is 12.8. The molecule has 4 unspecified atom stereocenters. The number of anilines is 1. The van der Waals surface area contributed by atoms with E-state index < -0.39 is 91.3 Å². The van der Waals surface area contributed by atoms with Crippen molar-refractivity contribution in [2.75, 3.05) is 18.9 Å². The van der Waals surface area contributed by atoms with Gasteiger partial charge in [0.1, 0.15) is 54.6 Å². The minimum Gasteiger partial charge on any atom is -0.394 e. The molecule has 9 N–H and O–H groups in total. The number of imidazole rings is 1. The van der Waals surface area contributed by atoms with E-state index in [2.05, 4.69) is 23.8 Å². The third kappa shape index (κ3) is 5.93. The molecule has 0 bridgehead atoms. The Morgan fingerprint density at radius 1 is 1.00 bits per heavy atom. The first-order valence-electron chi connectivity index (χ1n) is 10.5. The Morgan fingerprint density at radius 3 is 2.37 bits per heavy atom. The number of nitrogen functional groups attached to an aromatic ring is 1. The molecule has 11 atom stereocenters. The summed E-state index contributed by atoms with van der Waals surface area (Å²) in [6.07, 6.45) is -12.2. The lowest BCUT2D eigenvalue weighted by Crippen LogP contribution is -2.58. The summed E-state index contributed by atoms with van der Waals surface area (Å²) in [7, 11) is -10.9. The highest BCUT2D eigenvalue weighted by molar-refractivity contribution is 7.83. The lowest BCUT2D eigenvalue weighted by Gasteiger charge is -2.39. The summed E-state index contributed by atoms with van der Waals surface area (Å²) < 4.78 is 51.7. The minimum atomic E-state index is -5.25. The molecule has 0 amide bonds. The molecule has 214 valence electrons. The molecular formula is C16H27BN5O14P2-. The maximum absolute atomic E-state index is 12.8. The Balaban J connectivity index is 1.38. The quantitative estimate of drug-likeness (QED) is 0.101. The first-order valence-corrected chi connectivity index (χ1v) is 13.1. The van der Waals surface area contributed by atoms with Gasteiger partial charge >= 0.3 is 7.82 Å². The fourth-order valence-electron chi connectivity index (χ4n) is 3.70. The van der Waals surface area contributed by atoms with Crippen LogP contribution in [-0.2, 0) is 32.0 Å². The van der Waals surface area contributed by atoms with E-state index >= 15 is 0 Å². The monoisotopic (exact) mass is 586 g/mol. The van der Waals surface area contributed by atoms with Crippen molar-refractivity contribution >= 4 is 39.8 Å². The summed E-state index contributed by atoms with van der Waals surface area (Å²) in [5.74, 6) is 0.0824. The smallest absolute Gasteiger partial charge is 0.394 e. The molecule has 2 aromatic rings. The van der Waals surface area contributed by atoms with Crippen molar-refractivity contribution in [1.29, 1.82) is 0 Å². The molecule has 4 rings (SSSR count). The normalized spacial score (nSPS) is 37.2. The van der Waals surface area contributed by atoms with Crippen molar-refractivity contribution < 1.29 is 67.5 Å². The van der Waals surface area contributed by atoms with Crippen molar-refractivity contribution in [2.24, 2.45) is 0 Å². The van der Waals surface area contributed by atoms with Gasteiger partial charge in [0.05, 0.1) is 27.1 Å². The fourth-order valence-corrected chi connectivity index (χ4v) is 5.42. The Labute approximate surface area is 214 Å². The fraction of sp³-hybridized carbons (Fsp3) is 0.688. The number of hydrogen-bond donors (Lipinski definition) is 8. The minimum absolute atomic E-state index is 0.0824. The van der Waals surface area contributed by atoms with Gasteiger partial charge in [-0.15, -0.1) is 0 Å². The molecule has 2 saturated heterocycles. The average Bonchev–Trinajstić information content (AvgIpc) is 3.39. The molecular weight excluding hydrogens is 559 g/mol. The number of phosphoric acid groups is 1. The van der Waals surface area contributed by atoms with Crippen LogP contribution in [0.5, 0.6) is 0 Å². The van der Waals surface area contributed by atoms with Crippen LogP contribution < -0.4 is 5.73 Å². The zero-order valence-electron chi connectivity index (χ0n) is 18.5. The van der Waals surface area contributed by atoms with Gasteiger partial charge in [0.25, 0.3) is 0 Å². The van der Waals surface area contributed by atoms with Crippen LogP contribution in [0.2, 0.25) is 0 Å². The van der Waals surface area contributed by atoms with Gasteiger partial charge in [0.15, 0.2) is 31.5 Å². The second kappa shape index (κ2) is 11.1. The van der Waals surface area contributed by atoms with Gasteiger partial charge < -0.3 is 59.8 Å². The average molecular weight is 586 g/mol. The highest BCUT2D eigenvalue weighted by Gasteiger charge is 2.48. The lowest BCUT2D eigenvalue weighted by atomic mass is 10.00. The van der Waals surface area contributed by atoms with Crippen LogP contribution in [-0.4, -0.2) is 125 Å². The number of aliphatic hydroxyl groups excluding tert-OH is 6. The van der Waals surface area contributed by atoms with E-state index in [1.54, 1.807) is 0 Å². The molecule has 0 saturated carbocycles. The number of fused-ring (bicyclic) bond motifs is 1. The summed E-state index contributed by atoms with van der Waals surface area (Å²) >= 11 is 0. The summed E-state index contributed by atoms with van der Waals surface area (Å²) in [4.78, 5) is 22.0.